The number of hydrogen-bond acceptors (Lipinski definition) is 7. The lowest BCUT2D eigenvalue weighted by molar-refractivity contribution is 0.242. The molecule has 3 aromatic heterocycles. The van der Waals surface area contributed by atoms with Crippen molar-refractivity contribution in [2.24, 2.45) is 0 Å². The summed E-state index contributed by atoms with van der Waals surface area (Å²) in [7, 11) is 0. The van der Waals surface area contributed by atoms with Gasteiger partial charge in [-0.1, -0.05) is 5.16 Å². The number of nitrogens with zero attached hydrogens (tertiary/aromatic N) is 7. The zero-order valence-corrected chi connectivity index (χ0v) is 14.8. The van der Waals surface area contributed by atoms with Gasteiger partial charge in [0.1, 0.15) is 23.7 Å². The number of halogens is 1. The van der Waals surface area contributed by atoms with Crippen LogP contribution >= 0.6 is 0 Å². The van der Waals surface area contributed by atoms with E-state index >= 15 is 0 Å². The van der Waals surface area contributed by atoms with Crippen LogP contribution < -0.4 is 4.90 Å². The van der Waals surface area contributed by atoms with Gasteiger partial charge in [-0.2, -0.15) is 14.6 Å². The fourth-order valence-electron chi connectivity index (χ4n) is 3.56. The molecule has 1 aromatic carbocycles. The summed E-state index contributed by atoms with van der Waals surface area (Å²) in [6, 6.07) is 6.58. The molecule has 5 rings (SSSR count). The van der Waals surface area contributed by atoms with Crippen molar-refractivity contribution in [2.45, 2.75) is 13.5 Å². The van der Waals surface area contributed by atoms with E-state index in [9.17, 15) is 4.39 Å². The van der Waals surface area contributed by atoms with Gasteiger partial charge in [0.05, 0.1) is 0 Å². The van der Waals surface area contributed by atoms with E-state index in [1.807, 2.05) is 13.0 Å². The van der Waals surface area contributed by atoms with Gasteiger partial charge in [0.2, 0.25) is 0 Å². The summed E-state index contributed by atoms with van der Waals surface area (Å²) in [5, 5.41) is 9.28. The van der Waals surface area contributed by atoms with Crippen LogP contribution in [0.25, 0.3) is 16.7 Å². The molecular weight excluding hydrogens is 349 g/mol. The van der Waals surface area contributed by atoms with Gasteiger partial charge in [0, 0.05) is 55.9 Å². The average molecular weight is 367 g/mol. The summed E-state index contributed by atoms with van der Waals surface area (Å²) in [5.41, 5.74) is 2.26. The predicted molar refractivity (Wildman–Crippen MR) is 97.0 cm³/mol. The Kier molecular flexibility index (Phi) is 3.75. The number of rotatable bonds is 3. The first kappa shape index (κ1) is 16.1. The average Bonchev–Trinajstić information content (AvgIpc) is 3.28. The second kappa shape index (κ2) is 6.27. The molecule has 0 atom stereocenters. The number of piperazine rings is 1. The summed E-state index contributed by atoms with van der Waals surface area (Å²) in [6.45, 7) is 6.14. The molecule has 0 amide bonds. The molecule has 0 saturated carbocycles. The lowest BCUT2D eigenvalue weighted by Gasteiger charge is -2.35. The highest BCUT2D eigenvalue weighted by Gasteiger charge is 2.22. The Hall–Kier alpha value is -3.07. The first-order chi connectivity index (χ1) is 13.2. The molecule has 0 bridgehead atoms. The number of aromatic nitrogens is 5. The highest BCUT2D eigenvalue weighted by molar-refractivity contribution is 5.79. The van der Waals surface area contributed by atoms with Crippen LogP contribution in [0.2, 0.25) is 0 Å². The first-order valence-corrected chi connectivity index (χ1v) is 8.86. The Morgan fingerprint density at radius 3 is 2.85 bits per heavy atom. The molecular formula is C18H18FN7O. The van der Waals surface area contributed by atoms with Crippen molar-refractivity contribution >= 4 is 22.6 Å². The van der Waals surface area contributed by atoms with Crippen molar-refractivity contribution in [1.82, 2.24) is 29.6 Å². The molecule has 9 heteroatoms. The monoisotopic (exact) mass is 367 g/mol. The second-order valence-corrected chi connectivity index (χ2v) is 6.76. The minimum atomic E-state index is -0.314. The van der Waals surface area contributed by atoms with Gasteiger partial charge in [0.25, 0.3) is 5.78 Å². The van der Waals surface area contributed by atoms with Gasteiger partial charge >= 0.3 is 0 Å². The number of anilines is 1. The van der Waals surface area contributed by atoms with E-state index in [0.29, 0.717) is 17.9 Å². The third kappa shape index (κ3) is 2.89. The fourth-order valence-corrected chi connectivity index (χ4v) is 3.56. The number of benzene rings is 1. The van der Waals surface area contributed by atoms with Crippen molar-refractivity contribution in [3.8, 4) is 0 Å². The largest absolute Gasteiger partial charge is 0.356 e. The van der Waals surface area contributed by atoms with Crippen molar-refractivity contribution in [2.75, 3.05) is 31.1 Å². The SMILES string of the molecule is Cc1cc(N2CCN(Cc3noc4cc(F)ccc34)CC2)n2ncnc2n1. The van der Waals surface area contributed by atoms with Gasteiger partial charge in [-0.15, -0.1) is 0 Å². The molecule has 1 aliphatic rings. The van der Waals surface area contributed by atoms with Crippen LogP contribution in [0.1, 0.15) is 11.4 Å². The molecule has 8 nitrogen and oxygen atoms in total. The normalized spacial score (nSPS) is 15.9. The van der Waals surface area contributed by atoms with Crippen molar-refractivity contribution < 1.29 is 8.91 Å². The number of fused-ring (bicyclic) bond motifs is 2. The van der Waals surface area contributed by atoms with E-state index in [1.54, 1.807) is 10.6 Å². The van der Waals surface area contributed by atoms with Crippen molar-refractivity contribution in [1.29, 1.82) is 0 Å². The molecule has 138 valence electrons. The van der Waals surface area contributed by atoms with E-state index in [-0.39, 0.29) is 5.82 Å². The molecule has 0 N–H and O–H groups in total. The topological polar surface area (TPSA) is 75.6 Å². The van der Waals surface area contributed by atoms with Crippen LogP contribution in [0.3, 0.4) is 0 Å². The summed E-state index contributed by atoms with van der Waals surface area (Å²) in [6.07, 6.45) is 1.53. The van der Waals surface area contributed by atoms with E-state index in [1.165, 1.54) is 18.5 Å². The van der Waals surface area contributed by atoms with Crippen LogP contribution in [0.15, 0.2) is 35.1 Å². The van der Waals surface area contributed by atoms with Gasteiger partial charge in [0.15, 0.2) is 5.58 Å². The van der Waals surface area contributed by atoms with Crippen LogP contribution in [0.5, 0.6) is 0 Å². The van der Waals surface area contributed by atoms with E-state index < -0.39 is 0 Å². The summed E-state index contributed by atoms with van der Waals surface area (Å²) in [4.78, 5) is 13.2. The number of hydrogen-bond donors (Lipinski definition) is 0. The van der Waals surface area contributed by atoms with Gasteiger partial charge in [-0.05, 0) is 19.1 Å². The van der Waals surface area contributed by atoms with Crippen LogP contribution in [-0.2, 0) is 6.54 Å². The minimum absolute atomic E-state index is 0.314. The van der Waals surface area contributed by atoms with Crippen LogP contribution in [-0.4, -0.2) is 55.8 Å². The highest BCUT2D eigenvalue weighted by atomic mass is 19.1. The van der Waals surface area contributed by atoms with Crippen LogP contribution in [0, 0.1) is 12.7 Å². The lowest BCUT2D eigenvalue weighted by Crippen LogP contribution is -2.46. The summed E-state index contributed by atoms with van der Waals surface area (Å²) < 4.78 is 20.3. The van der Waals surface area contributed by atoms with Crippen molar-refractivity contribution in [3.05, 3.63) is 47.8 Å². The van der Waals surface area contributed by atoms with Gasteiger partial charge in [-0.3, -0.25) is 4.90 Å². The molecule has 0 aliphatic carbocycles. The Balaban J connectivity index is 1.32. The molecule has 1 fully saturated rings. The Labute approximate surface area is 154 Å². The molecule has 1 saturated heterocycles. The Morgan fingerprint density at radius 1 is 1.15 bits per heavy atom. The summed E-state index contributed by atoms with van der Waals surface area (Å²) >= 11 is 0. The maximum absolute atomic E-state index is 13.3. The third-order valence-corrected chi connectivity index (χ3v) is 4.94. The van der Waals surface area contributed by atoms with Crippen molar-refractivity contribution in [3.63, 3.8) is 0 Å². The molecule has 4 aromatic rings. The highest BCUT2D eigenvalue weighted by Crippen LogP contribution is 2.22. The predicted octanol–water partition coefficient (Wildman–Crippen LogP) is 2.04. The van der Waals surface area contributed by atoms with E-state index in [2.05, 4.69) is 30.0 Å². The quantitative estimate of drug-likeness (QED) is 0.548. The molecule has 27 heavy (non-hydrogen) atoms. The van der Waals surface area contributed by atoms with Gasteiger partial charge < -0.3 is 9.42 Å². The zero-order valence-electron chi connectivity index (χ0n) is 14.8. The Bertz CT molecular complexity index is 1110. The van der Waals surface area contributed by atoms with Gasteiger partial charge in [-0.25, -0.2) is 9.37 Å². The molecule has 1 aliphatic heterocycles. The van der Waals surface area contributed by atoms with E-state index in [0.717, 1.165) is 48.8 Å². The smallest absolute Gasteiger partial charge is 0.254 e. The zero-order chi connectivity index (χ0) is 18.4. The molecule has 0 spiro atoms. The van der Waals surface area contributed by atoms with Crippen LogP contribution in [0.4, 0.5) is 10.2 Å². The Morgan fingerprint density at radius 2 is 2.00 bits per heavy atom. The number of aryl methyl sites for hydroxylation is 1. The third-order valence-electron chi connectivity index (χ3n) is 4.94. The summed E-state index contributed by atoms with van der Waals surface area (Å²) in [5.74, 6) is 1.32. The molecule has 0 unspecified atom stereocenters. The fraction of sp³-hybridized carbons (Fsp3) is 0.333. The lowest BCUT2D eigenvalue weighted by atomic mass is 10.2. The standard InChI is InChI=1S/C18H18FN7O/c1-12-8-17(26-18(22-12)20-11-21-26)25-6-4-24(5-7-25)10-15-14-3-2-13(19)9-16(14)27-23-15/h2-3,8-9,11H,4-7,10H2,1H3. The minimum Gasteiger partial charge on any atom is -0.356 e. The molecule has 4 heterocycles. The molecule has 0 radical (unpaired) electrons. The first-order valence-electron chi connectivity index (χ1n) is 8.86. The maximum atomic E-state index is 13.3. The maximum Gasteiger partial charge on any atom is 0.254 e. The van der Waals surface area contributed by atoms with E-state index in [4.69, 9.17) is 4.52 Å². The second-order valence-electron chi connectivity index (χ2n) is 6.76.